The fraction of sp³-hybridized carbons (Fsp3) is 0.538. The van der Waals surface area contributed by atoms with Crippen LogP contribution in [0.15, 0.2) is 12.1 Å². The van der Waals surface area contributed by atoms with Crippen molar-refractivity contribution in [3.05, 3.63) is 29.3 Å². The van der Waals surface area contributed by atoms with Crippen molar-refractivity contribution in [2.45, 2.75) is 19.9 Å². The number of nitrogens with zero attached hydrogens (tertiary/aromatic N) is 1. The van der Waals surface area contributed by atoms with Crippen LogP contribution in [-0.4, -0.2) is 22.4 Å². The van der Waals surface area contributed by atoms with Crippen LogP contribution in [0.1, 0.15) is 18.9 Å². The zero-order chi connectivity index (χ0) is 14.9. The summed E-state index contributed by atoms with van der Waals surface area (Å²) >= 11 is -2.50. The topological polar surface area (TPSA) is 55.4 Å². The molecule has 0 bridgehead atoms. The van der Waals surface area contributed by atoms with Crippen molar-refractivity contribution < 1.29 is 17.5 Å². The Morgan fingerprint density at radius 1 is 1.45 bits per heavy atom. The maximum Gasteiger partial charge on any atom is 0.147 e. The first-order valence-electron chi connectivity index (χ1n) is 6.40. The van der Waals surface area contributed by atoms with Gasteiger partial charge in [-0.15, -0.1) is 0 Å². The second-order valence-electron chi connectivity index (χ2n) is 5.30. The van der Waals surface area contributed by atoms with Crippen LogP contribution >= 0.6 is 0 Å². The van der Waals surface area contributed by atoms with E-state index in [1.807, 2.05) is 4.72 Å². The van der Waals surface area contributed by atoms with E-state index in [9.17, 15) is 17.5 Å². The lowest BCUT2D eigenvalue weighted by Crippen LogP contribution is -2.22. The molecule has 0 aromatic heterocycles. The van der Waals surface area contributed by atoms with Gasteiger partial charge >= 0.3 is 0 Å². The molecule has 0 aliphatic heterocycles. The van der Waals surface area contributed by atoms with Gasteiger partial charge < -0.3 is 9.45 Å². The van der Waals surface area contributed by atoms with Gasteiger partial charge in [0.1, 0.15) is 11.6 Å². The Hall–Kier alpha value is -1.05. The third-order valence-electron chi connectivity index (χ3n) is 3.69. The molecule has 1 N–H and O–H groups in total. The van der Waals surface area contributed by atoms with Gasteiger partial charge in [0, 0.05) is 43.0 Å². The fourth-order valence-corrected chi connectivity index (χ4v) is 2.52. The van der Waals surface area contributed by atoms with E-state index in [-0.39, 0.29) is 17.8 Å². The molecule has 0 heterocycles. The van der Waals surface area contributed by atoms with Crippen LogP contribution in [0.2, 0.25) is 0 Å². The summed E-state index contributed by atoms with van der Waals surface area (Å²) in [4.78, 5) is 1.70. The minimum absolute atomic E-state index is 0.0105. The van der Waals surface area contributed by atoms with Crippen LogP contribution in [0.4, 0.5) is 14.5 Å². The lowest BCUT2D eigenvalue weighted by molar-refractivity contribution is 0.519. The fourth-order valence-electron chi connectivity index (χ4n) is 2.25. The lowest BCUT2D eigenvalue weighted by Gasteiger charge is -2.21. The van der Waals surface area contributed by atoms with Gasteiger partial charge in [0.05, 0.1) is 5.69 Å². The standard InChI is InChI=1S/C13H18F2N2O2S/c1-8-3-10(8)7-17(2)13-5-11(14)9(4-12(13)15)6-16-20(18)19/h4-5,8,10,16H,3,6-7H2,1-2H3,(H,18,19)/p-1. The predicted molar refractivity (Wildman–Crippen MR) is 72.7 cm³/mol. The van der Waals surface area contributed by atoms with Crippen molar-refractivity contribution in [3.63, 3.8) is 0 Å². The Morgan fingerprint density at radius 3 is 2.65 bits per heavy atom. The van der Waals surface area contributed by atoms with Crippen LogP contribution in [0.5, 0.6) is 0 Å². The van der Waals surface area contributed by atoms with Crippen molar-refractivity contribution in [1.82, 2.24) is 4.72 Å². The molecule has 112 valence electrons. The van der Waals surface area contributed by atoms with Gasteiger partial charge in [-0.1, -0.05) is 6.92 Å². The molecule has 1 aliphatic carbocycles. The second-order valence-corrected chi connectivity index (χ2v) is 6.06. The highest BCUT2D eigenvalue weighted by molar-refractivity contribution is 7.77. The minimum Gasteiger partial charge on any atom is -0.760 e. The van der Waals surface area contributed by atoms with E-state index >= 15 is 0 Å². The van der Waals surface area contributed by atoms with E-state index in [0.29, 0.717) is 18.4 Å². The van der Waals surface area contributed by atoms with E-state index in [1.54, 1.807) is 11.9 Å². The van der Waals surface area contributed by atoms with Crippen LogP contribution in [0, 0.1) is 23.5 Å². The quantitative estimate of drug-likeness (QED) is 0.817. The molecule has 4 nitrogen and oxygen atoms in total. The molecule has 20 heavy (non-hydrogen) atoms. The molecule has 0 radical (unpaired) electrons. The summed E-state index contributed by atoms with van der Waals surface area (Å²) in [7, 11) is 1.73. The maximum absolute atomic E-state index is 14.0. The molecule has 1 aliphatic rings. The van der Waals surface area contributed by atoms with E-state index in [2.05, 4.69) is 6.92 Å². The third-order valence-corrected chi connectivity index (χ3v) is 4.07. The van der Waals surface area contributed by atoms with Crippen LogP contribution in [-0.2, 0) is 17.8 Å². The van der Waals surface area contributed by atoms with E-state index < -0.39 is 22.9 Å². The second kappa shape index (κ2) is 6.15. The number of halogens is 2. The van der Waals surface area contributed by atoms with Crippen molar-refractivity contribution >= 4 is 17.0 Å². The Labute approximate surface area is 119 Å². The third kappa shape index (κ3) is 3.74. The molecule has 0 saturated heterocycles. The summed E-state index contributed by atoms with van der Waals surface area (Å²) in [5.74, 6) is 0.0123. The molecule has 1 fully saturated rings. The first kappa shape index (κ1) is 15.3. The van der Waals surface area contributed by atoms with Gasteiger partial charge in [0.15, 0.2) is 0 Å². The largest absolute Gasteiger partial charge is 0.760 e. The summed E-state index contributed by atoms with van der Waals surface area (Å²) in [5.41, 5.74) is 0.192. The highest BCUT2D eigenvalue weighted by atomic mass is 32.2. The van der Waals surface area contributed by atoms with Crippen molar-refractivity contribution in [2.75, 3.05) is 18.5 Å². The number of nitrogens with one attached hydrogen (secondary N) is 1. The Balaban J connectivity index is 2.10. The molecule has 1 aromatic rings. The molecule has 1 saturated carbocycles. The Bertz CT molecular complexity index is 527. The predicted octanol–water partition coefficient (Wildman–Crippen LogP) is 1.94. The van der Waals surface area contributed by atoms with E-state index in [1.165, 1.54) is 0 Å². The van der Waals surface area contributed by atoms with Crippen molar-refractivity contribution in [3.8, 4) is 0 Å². The summed E-state index contributed by atoms with van der Waals surface area (Å²) in [6.07, 6.45) is 1.12. The average molecular weight is 303 g/mol. The SMILES string of the molecule is CC1CC1CN(C)c1cc(F)c(CNS(=O)[O-])cc1F. The minimum atomic E-state index is -2.50. The summed E-state index contributed by atoms with van der Waals surface area (Å²) < 4.78 is 50.6. The smallest absolute Gasteiger partial charge is 0.147 e. The van der Waals surface area contributed by atoms with Gasteiger partial charge in [-0.05, 0) is 24.3 Å². The number of hydrogen-bond acceptors (Lipinski definition) is 3. The number of anilines is 1. The van der Waals surface area contributed by atoms with E-state index in [0.717, 1.165) is 18.6 Å². The molecule has 3 unspecified atom stereocenters. The average Bonchev–Trinajstić information content (AvgIpc) is 3.05. The highest BCUT2D eigenvalue weighted by Crippen LogP contribution is 2.39. The van der Waals surface area contributed by atoms with Crippen molar-refractivity contribution in [2.24, 2.45) is 11.8 Å². The van der Waals surface area contributed by atoms with Gasteiger partial charge in [0.2, 0.25) is 0 Å². The Kier molecular flexibility index (Phi) is 4.72. The highest BCUT2D eigenvalue weighted by Gasteiger charge is 2.33. The van der Waals surface area contributed by atoms with Gasteiger partial charge in [-0.25, -0.2) is 13.5 Å². The molecule has 0 spiro atoms. The van der Waals surface area contributed by atoms with Crippen LogP contribution in [0.3, 0.4) is 0 Å². The molecule has 3 atom stereocenters. The number of hydrogen-bond donors (Lipinski definition) is 1. The molecular formula is C13H17F2N2O2S-. The number of benzene rings is 1. The molecule has 1 aromatic carbocycles. The molecular weight excluding hydrogens is 286 g/mol. The summed E-state index contributed by atoms with van der Waals surface area (Å²) in [6.45, 7) is 2.56. The van der Waals surface area contributed by atoms with Crippen LogP contribution < -0.4 is 9.62 Å². The Morgan fingerprint density at radius 2 is 2.10 bits per heavy atom. The zero-order valence-electron chi connectivity index (χ0n) is 11.4. The maximum atomic E-state index is 14.0. The van der Waals surface area contributed by atoms with Gasteiger partial charge in [-0.2, -0.15) is 0 Å². The summed E-state index contributed by atoms with van der Waals surface area (Å²) in [6, 6.07) is 2.16. The molecule has 0 amide bonds. The first-order valence-corrected chi connectivity index (χ1v) is 7.47. The molecule has 2 rings (SSSR count). The van der Waals surface area contributed by atoms with Crippen LogP contribution in [0.25, 0.3) is 0 Å². The summed E-state index contributed by atoms with van der Waals surface area (Å²) in [5, 5.41) is 0. The van der Waals surface area contributed by atoms with E-state index in [4.69, 9.17) is 0 Å². The van der Waals surface area contributed by atoms with Gasteiger partial charge in [0.25, 0.3) is 0 Å². The number of rotatable bonds is 6. The monoisotopic (exact) mass is 303 g/mol. The van der Waals surface area contributed by atoms with Crippen molar-refractivity contribution in [1.29, 1.82) is 0 Å². The zero-order valence-corrected chi connectivity index (χ0v) is 12.2. The first-order chi connectivity index (χ1) is 9.38. The van der Waals surface area contributed by atoms with Gasteiger partial charge in [-0.3, -0.25) is 4.21 Å². The molecule has 7 heteroatoms. The normalized spacial score (nSPS) is 22.6. The lowest BCUT2D eigenvalue weighted by atomic mass is 10.1.